The number of nitrogens with one attached hydrogen (secondary N) is 1. The van der Waals surface area contributed by atoms with Crippen LogP contribution in [-0.2, 0) is 6.54 Å². The number of aryl methyl sites for hydroxylation is 3. The van der Waals surface area contributed by atoms with Crippen molar-refractivity contribution in [3.63, 3.8) is 0 Å². The van der Waals surface area contributed by atoms with Gasteiger partial charge in [0.15, 0.2) is 0 Å². The molecule has 2 aromatic rings. The molecule has 1 N–H and O–H groups in total. The second kappa shape index (κ2) is 7.55. The number of carbonyl (C=O) groups is 1. The average Bonchev–Trinajstić information content (AvgIpc) is 2.60. The van der Waals surface area contributed by atoms with E-state index in [4.69, 9.17) is 0 Å². The van der Waals surface area contributed by atoms with Crippen molar-refractivity contribution >= 4 is 11.7 Å². The number of benzene rings is 1. The van der Waals surface area contributed by atoms with Crippen LogP contribution >= 0.6 is 0 Å². The molecule has 3 rings (SSSR count). The molecule has 0 saturated carbocycles. The third-order valence-corrected chi connectivity index (χ3v) is 4.69. The van der Waals surface area contributed by atoms with E-state index in [9.17, 15) is 4.79 Å². The molecule has 0 bridgehead atoms. The Morgan fingerprint density at radius 3 is 2.40 bits per heavy atom. The molecule has 132 valence electrons. The Balaban J connectivity index is 1.56. The number of nitrogens with zero attached hydrogens (tertiary/aromatic N) is 3. The number of urea groups is 1. The maximum atomic E-state index is 12.4. The summed E-state index contributed by atoms with van der Waals surface area (Å²) in [5.74, 6) is 0. The molecule has 1 fully saturated rings. The Morgan fingerprint density at radius 1 is 1.12 bits per heavy atom. The molecule has 25 heavy (non-hydrogen) atoms. The lowest BCUT2D eigenvalue weighted by Crippen LogP contribution is -2.52. The first kappa shape index (κ1) is 17.3. The monoisotopic (exact) mass is 338 g/mol. The molecular weight excluding hydrogens is 312 g/mol. The number of aromatic nitrogens is 1. The van der Waals surface area contributed by atoms with Crippen molar-refractivity contribution in [1.82, 2.24) is 15.2 Å². The number of rotatable bonds is 3. The molecule has 1 saturated heterocycles. The Labute approximate surface area is 149 Å². The zero-order chi connectivity index (χ0) is 17.8. The first-order chi connectivity index (χ1) is 12.0. The lowest BCUT2D eigenvalue weighted by Gasteiger charge is -2.37. The van der Waals surface area contributed by atoms with Gasteiger partial charge in [0.25, 0.3) is 0 Å². The predicted molar refractivity (Wildman–Crippen MR) is 101 cm³/mol. The maximum absolute atomic E-state index is 12.4. The van der Waals surface area contributed by atoms with Gasteiger partial charge in [0.05, 0.1) is 0 Å². The molecule has 0 atom stereocenters. The molecule has 1 aromatic heterocycles. The molecule has 5 heteroatoms. The number of amides is 2. The van der Waals surface area contributed by atoms with Crippen molar-refractivity contribution < 1.29 is 4.79 Å². The topological polar surface area (TPSA) is 48.5 Å². The van der Waals surface area contributed by atoms with Gasteiger partial charge < -0.3 is 15.1 Å². The maximum Gasteiger partial charge on any atom is 0.317 e. The van der Waals surface area contributed by atoms with E-state index in [-0.39, 0.29) is 6.03 Å². The fourth-order valence-corrected chi connectivity index (χ4v) is 3.60. The van der Waals surface area contributed by atoms with Crippen LogP contribution in [0.3, 0.4) is 0 Å². The summed E-state index contributed by atoms with van der Waals surface area (Å²) in [6.07, 6.45) is 3.51. The van der Waals surface area contributed by atoms with Crippen molar-refractivity contribution in [1.29, 1.82) is 0 Å². The van der Waals surface area contributed by atoms with Crippen LogP contribution in [-0.4, -0.2) is 42.1 Å². The zero-order valence-electron chi connectivity index (χ0n) is 15.2. The van der Waals surface area contributed by atoms with Crippen LogP contribution in [0.1, 0.15) is 22.3 Å². The van der Waals surface area contributed by atoms with Crippen LogP contribution in [0.5, 0.6) is 0 Å². The molecule has 0 spiro atoms. The van der Waals surface area contributed by atoms with Gasteiger partial charge in [-0.05, 0) is 43.5 Å². The van der Waals surface area contributed by atoms with Gasteiger partial charge in [0.1, 0.15) is 0 Å². The van der Waals surface area contributed by atoms with E-state index >= 15 is 0 Å². The van der Waals surface area contributed by atoms with Crippen molar-refractivity contribution in [3.05, 3.63) is 58.9 Å². The Bertz CT molecular complexity index is 714. The van der Waals surface area contributed by atoms with Gasteiger partial charge in [0, 0.05) is 50.8 Å². The SMILES string of the molecule is Cc1cc(C)c(N2CCN(C(=O)NCc3cccnc3)CC2)c(C)c1. The normalized spacial score (nSPS) is 14.5. The molecule has 5 nitrogen and oxygen atoms in total. The third kappa shape index (κ3) is 4.10. The minimum atomic E-state index is 0.000790. The van der Waals surface area contributed by atoms with Gasteiger partial charge in [-0.25, -0.2) is 4.79 Å². The average molecular weight is 338 g/mol. The summed E-state index contributed by atoms with van der Waals surface area (Å²) in [7, 11) is 0. The zero-order valence-corrected chi connectivity index (χ0v) is 15.2. The highest BCUT2D eigenvalue weighted by Gasteiger charge is 2.22. The lowest BCUT2D eigenvalue weighted by molar-refractivity contribution is 0.194. The van der Waals surface area contributed by atoms with Gasteiger partial charge in [0.2, 0.25) is 0 Å². The minimum Gasteiger partial charge on any atom is -0.368 e. The van der Waals surface area contributed by atoms with Gasteiger partial charge in [-0.2, -0.15) is 0 Å². The molecule has 1 aromatic carbocycles. The second-order valence-electron chi connectivity index (χ2n) is 6.74. The summed E-state index contributed by atoms with van der Waals surface area (Å²) in [4.78, 5) is 20.7. The van der Waals surface area contributed by atoms with Gasteiger partial charge in [-0.3, -0.25) is 4.98 Å². The number of pyridine rings is 1. The molecule has 0 aliphatic carbocycles. The Morgan fingerprint density at radius 2 is 1.80 bits per heavy atom. The smallest absolute Gasteiger partial charge is 0.317 e. The standard InChI is InChI=1S/C20H26N4O/c1-15-11-16(2)19(17(3)12-15)23-7-9-24(10-8-23)20(25)22-14-18-5-4-6-21-13-18/h4-6,11-13H,7-10,14H2,1-3H3,(H,22,25). The number of anilines is 1. The lowest BCUT2D eigenvalue weighted by atomic mass is 10.0. The molecule has 2 heterocycles. The van der Waals surface area contributed by atoms with E-state index in [1.165, 1.54) is 22.4 Å². The Hall–Kier alpha value is -2.56. The van der Waals surface area contributed by atoms with Gasteiger partial charge >= 0.3 is 6.03 Å². The third-order valence-electron chi connectivity index (χ3n) is 4.69. The summed E-state index contributed by atoms with van der Waals surface area (Å²) in [6.45, 7) is 10.2. The highest BCUT2D eigenvalue weighted by molar-refractivity contribution is 5.74. The van der Waals surface area contributed by atoms with E-state index in [0.717, 1.165) is 31.7 Å². The number of piperazine rings is 1. The van der Waals surface area contributed by atoms with Gasteiger partial charge in [-0.1, -0.05) is 23.8 Å². The van der Waals surface area contributed by atoms with E-state index in [0.29, 0.717) is 6.54 Å². The number of hydrogen-bond donors (Lipinski definition) is 1. The highest BCUT2D eigenvalue weighted by atomic mass is 16.2. The molecule has 0 radical (unpaired) electrons. The highest BCUT2D eigenvalue weighted by Crippen LogP contribution is 2.27. The van der Waals surface area contributed by atoms with Crippen LogP contribution in [0.4, 0.5) is 10.5 Å². The summed E-state index contributed by atoms with van der Waals surface area (Å²) in [5.41, 5.74) is 6.26. The molecule has 1 aliphatic heterocycles. The van der Waals surface area contributed by atoms with Crippen LogP contribution in [0, 0.1) is 20.8 Å². The van der Waals surface area contributed by atoms with Crippen molar-refractivity contribution in [2.75, 3.05) is 31.1 Å². The van der Waals surface area contributed by atoms with Crippen molar-refractivity contribution in [3.8, 4) is 0 Å². The largest absolute Gasteiger partial charge is 0.368 e. The second-order valence-corrected chi connectivity index (χ2v) is 6.74. The quantitative estimate of drug-likeness (QED) is 0.936. The van der Waals surface area contributed by atoms with E-state index in [1.807, 2.05) is 17.0 Å². The fraction of sp³-hybridized carbons (Fsp3) is 0.400. The molecular formula is C20H26N4O. The van der Waals surface area contributed by atoms with Crippen LogP contribution in [0.15, 0.2) is 36.7 Å². The summed E-state index contributed by atoms with van der Waals surface area (Å²) < 4.78 is 0. The van der Waals surface area contributed by atoms with Crippen LogP contribution in [0.2, 0.25) is 0 Å². The van der Waals surface area contributed by atoms with Crippen molar-refractivity contribution in [2.24, 2.45) is 0 Å². The van der Waals surface area contributed by atoms with Gasteiger partial charge in [-0.15, -0.1) is 0 Å². The molecule has 1 aliphatic rings. The van der Waals surface area contributed by atoms with Crippen LogP contribution < -0.4 is 10.2 Å². The van der Waals surface area contributed by atoms with E-state index < -0.39 is 0 Å². The summed E-state index contributed by atoms with van der Waals surface area (Å²) in [5, 5.41) is 2.98. The minimum absolute atomic E-state index is 0.000790. The van der Waals surface area contributed by atoms with Crippen molar-refractivity contribution in [2.45, 2.75) is 27.3 Å². The number of hydrogen-bond acceptors (Lipinski definition) is 3. The molecule has 0 unspecified atom stereocenters. The predicted octanol–water partition coefficient (Wildman–Crippen LogP) is 3.04. The molecule has 2 amide bonds. The summed E-state index contributed by atoms with van der Waals surface area (Å²) in [6, 6.07) is 8.31. The first-order valence-corrected chi connectivity index (χ1v) is 8.79. The van der Waals surface area contributed by atoms with E-state index in [1.54, 1.807) is 12.4 Å². The fourth-order valence-electron chi connectivity index (χ4n) is 3.60. The number of carbonyl (C=O) groups excluding carboxylic acids is 1. The van der Waals surface area contributed by atoms with E-state index in [2.05, 4.69) is 48.1 Å². The first-order valence-electron chi connectivity index (χ1n) is 8.79. The van der Waals surface area contributed by atoms with Crippen LogP contribution in [0.25, 0.3) is 0 Å². The summed E-state index contributed by atoms with van der Waals surface area (Å²) >= 11 is 0. The Kier molecular flexibility index (Phi) is 5.22.